The normalized spacial score (nSPS) is 13.1. The van der Waals surface area contributed by atoms with Crippen LogP contribution in [-0.2, 0) is 16.0 Å². The van der Waals surface area contributed by atoms with Gasteiger partial charge in [-0.25, -0.2) is 4.79 Å². The van der Waals surface area contributed by atoms with Gasteiger partial charge in [-0.2, -0.15) is 5.26 Å². The van der Waals surface area contributed by atoms with Gasteiger partial charge in [0.1, 0.15) is 17.4 Å². The van der Waals surface area contributed by atoms with Crippen molar-refractivity contribution >= 4 is 28.6 Å². The summed E-state index contributed by atoms with van der Waals surface area (Å²) in [5, 5.41) is 25.1. The minimum Gasteiger partial charge on any atom is -0.443 e. The van der Waals surface area contributed by atoms with Crippen LogP contribution in [0.5, 0.6) is 0 Å². The lowest BCUT2D eigenvalue weighted by Crippen LogP contribution is -2.39. The highest BCUT2D eigenvalue weighted by Crippen LogP contribution is 2.24. The lowest BCUT2D eigenvalue weighted by molar-refractivity contribution is -0.115. The van der Waals surface area contributed by atoms with E-state index in [2.05, 4.69) is 16.5 Å². The molecular weight excluding hydrogens is 396 g/mol. The summed E-state index contributed by atoms with van der Waals surface area (Å²) in [5.74, 6) is -0.421. The summed E-state index contributed by atoms with van der Waals surface area (Å²) in [6, 6.07) is 8.78. The molecule has 166 valence electrons. The highest BCUT2D eigenvalue weighted by molar-refractivity contribution is 6.38. The SMILES string of the molecule is CC(C)CC(=NO)C(=O)NC(C#N)CCc1cn(C(=O)OC(C)(C)C)c2ccccc12. The van der Waals surface area contributed by atoms with Crippen LogP contribution in [0.15, 0.2) is 35.6 Å². The largest absolute Gasteiger partial charge is 0.443 e. The van der Waals surface area contributed by atoms with Crippen LogP contribution in [0.1, 0.15) is 53.0 Å². The third kappa shape index (κ3) is 6.57. The van der Waals surface area contributed by atoms with Gasteiger partial charge >= 0.3 is 6.09 Å². The molecule has 0 spiro atoms. The van der Waals surface area contributed by atoms with E-state index in [-0.39, 0.29) is 11.6 Å². The van der Waals surface area contributed by atoms with Gasteiger partial charge < -0.3 is 15.3 Å². The molecule has 0 radical (unpaired) electrons. The number of aryl methyl sites for hydroxylation is 1. The zero-order valence-electron chi connectivity index (χ0n) is 18.7. The zero-order chi connectivity index (χ0) is 23.2. The molecule has 1 aromatic heterocycles. The predicted octanol–water partition coefficient (Wildman–Crippen LogP) is 4.24. The Morgan fingerprint density at radius 2 is 1.97 bits per heavy atom. The molecule has 1 amide bonds. The van der Waals surface area contributed by atoms with Gasteiger partial charge in [0.2, 0.25) is 0 Å². The number of para-hydroxylation sites is 1. The Morgan fingerprint density at radius 3 is 2.55 bits per heavy atom. The van der Waals surface area contributed by atoms with Gasteiger partial charge in [-0.15, -0.1) is 0 Å². The van der Waals surface area contributed by atoms with Crippen LogP contribution in [0.4, 0.5) is 4.79 Å². The molecule has 31 heavy (non-hydrogen) atoms. The molecule has 8 nitrogen and oxygen atoms in total. The summed E-state index contributed by atoms with van der Waals surface area (Å²) >= 11 is 0. The summed E-state index contributed by atoms with van der Waals surface area (Å²) in [4.78, 5) is 24.9. The second kappa shape index (κ2) is 10.1. The van der Waals surface area contributed by atoms with Crippen molar-refractivity contribution in [3.05, 3.63) is 36.0 Å². The standard InChI is InChI=1S/C23H30N4O4/c1-15(2)12-19(26-30)21(28)25-17(13-24)11-10-16-14-27(22(29)31-23(3,4)5)20-9-7-6-8-18(16)20/h6-9,14-15,17,30H,10-12H2,1-5H3,(H,25,28). The lowest BCUT2D eigenvalue weighted by Gasteiger charge is -2.19. The number of fused-ring (bicyclic) bond motifs is 1. The number of carbonyl (C=O) groups excluding carboxylic acids is 2. The Balaban J connectivity index is 2.17. The van der Waals surface area contributed by atoms with Crippen molar-refractivity contribution < 1.29 is 19.5 Å². The molecule has 0 bridgehead atoms. The van der Waals surface area contributed by atoms with Crippen molar-refractivity contribution in [2.24, 2.45) is 11.1 Å². The quantitative estimate of drug-likeness (QED) is 0.390. The monoisotopic (exact) mass is 426 g/mol. The Morgan fingerprint density at radius 1 is 1.29 bits per heavy atom. The number of rotatable bonds is 7. The highest BCUT2D eigenvalue weighted by atomic mass is 16.6. The first-order valence-electron chi connectivity index (χ1n) is 10.3. The predicted molar refractivity (Wildman–Crippen MR) is 118 cm³/mol. The first kappa shape index (κ1) is 23.9. The number of nitrogens with one attached hydrogen (secondary N) is 1. The Bertz CT molecular complexity index is 1010. The van der Waals surface area contributed by atoms with Crippen LogP contribution in [0, 0.1) is 17.2 Å². The van der Waals surface area contributed by atoms with Crippen LogP contribution < -0.4 is 5.32 Å². The number of nitriles is 1. The minimum absolute atomic E-state index is 0.00298. The van der Waals surface area contributed by atoms with Gasteiger partial charge in [0.05, 0.1) is 11.6 Å². The van der Waals surface area contributed by atoms with Gasteiger partial charge in [-0.1, -0.05) is 37.2 Å². The number of ether oxygens (including phenoxy) is 1. The summed E-state index contributed by atoms with van der Waals surface area (Å²) in [5.41, 5.74) is 0.961. The average molecular weight is 427 g/mol. The summed E-state index contributed by atoms with van der Waals surface area (Å²) < 4.78 is 6.96. The van der Waals surface area contributed by atoms with Crippen LogP contribution in [0.25, 0.3) is 10.9 Å². The molecule has 1 unspecified atom stereocenters. The average Bonchev–Trinajstić information content (AvgIpc) is 3.06. The molecule has 1 heterocycles. The van der Waals surface area contributed by atoms with Crippen molar-refractivity contribution in [1.82, 2.24) is 9.88 Å². The fourth-order valence-electron chi connectivity index (χ4n) is 3.19. The fraction of sp³-hybridized carbons (Fsp3) is 0.478. The second-order valence-corrected chi connectivity index (χ2v) is 8.86. The van der Waals surface area contributed by atoms with E-state index in [4.69, 9.17) is 9.94 Å². The summed E-state index contributed by atoms with van der Waals surface area (Å²) in [6.07, 6.45) is 2.35. The number of benzene rings is 1. The number of carbonyl (C=O) groups is 2. The Hall–Kier alpha value is -3.34. The number of hydrogen-bond donors (Lipinski definition) is 2. The number of oxime groups is 1. The molecule has 2 aromatic rings. The lowest BCUT2D eigenvalue weighted by atomic mass is 10.0. The maximum atomic E-state index is 12.6. The van der Waals surface area contributed by atoms with E-state index >= 15 is 0 Å². The van der Waals surface area contributed by atoms with E-state index in [1.165, 1.54) is 4.57 Å². The summed E-state index contributed by atoms with van der Waals surface area (Å²) in [6.45, 7) is 9.23. The van der Waals surface area contributed by atoms with E-state index in [1.807, 2.05) is 38.1 Å². The molecule has 0 aliphatic rings. The number of aromatic nitrogens is 1. The highest BCUT2D eigenvalue weighted by Gasteiger charge is 2.22. The zero-order valence-corrected chi connectivity index (χ0v) is 18.7. The van der Waals surface area contributed by atoms with Crippen molar-refractivity contribution in [3.8, 4) is 6.07 Å². The Kier molecular flexibility index (Phi) is 7.81. The first-order valence-corrected chi connectivity index (χ1v) is 10.3. The molecule has 1 aromatic carbocycles. The van der Waals surface area contributed by atoms with Crippen molar-refractivity contribution in [3.63, 3.8) is 0 Å². The third-order valence-electron chi connectivity index (χ3n) is 4.53. The molecule has 8 heteroatoms. The first-order chi connectivity index (χ1) is 14.6. The van der Waals surface area contributed by atoms with Gasteiger partial charge in [-0.3, -0.25) is 9.36 Å². The topological polar surface area (TPSA) is 117 Å². The van der Waals surface area contributed by atoms with Crippen molar-refractivity contribution in [2.75, 3.05) is 0 Å². The van der Waals surface area contributed by atoms with E-state index in [0.717, 1.165) is 16.5 Å². The van der Waals surface area contributed by atoms with Crippen LogP contribution in [-0.4, -0.2) is 39.1 Å². The maximum Gasteiger partial charge on any atom is 0.419 e. The van der Waals surface area contributed by atoms with Crippen LogP contribution in [0.3, 0.4) is 0 Å². The molecular formula is C23H30N4O4. The van der Waals surface area contributed by atoms with Gasteiger partial charge in [-0.05, 0) is 51.2 Å². The number of nitrogens with zero attached hydrogens (tertiary/aromatic N) is 3. The smallest absolute Gasteiger partial charge is 0.419 e. The van der Waals surface area contributed by atoms with Crippen molar-refractivity contribution in [2.45, 2.75) is 65.5 Å². The molecule has 0 saturated heterocycles. The number of amides is 1. The second-order valence-electron chi connectivity index (χ2n) is 8.86. The van der Waals surface area contributed by atoms with E-state index < -0.39 is 23.6 Å². The fourth-order valence-corrected chi connectivity index (χ4v) is 3.19. The Labute approximate surface area is 182 Å². The van der Waals surface area contributed by atoms with Gasteiger partial charge in [0.25, 0.3) is 5.91 Å². The maximum absolute atomic E-state index is 12.6. The van der Waals surface area contributed by atoms with Crippen molar-refractivity contribution in [1.29, 1.82) is 5.26 Å². The molecule has 0 aliphatic heterocycles. The molecule has 2 rings (SSSR count). The minimum atomic E-state index is -0.764. The molecule has 2 N–H and O–H groups in total. The van der Waals surface area contributed by atoms with Crippen LogP contribution >= 0.6 is 0 Å². The molecule has 0 aliphatic carbocycles. The van der Waals surface area contributed by atoms with Gasteiger partial charge in [0.15, 0.2) is 0 Å². The number of hydrogen-bond acceptors (Lipinski definition) is 6. The molecule has 0 fully saturated rings. The summed E-state index contributed by atoms with van der Waals surface area (Å²) in [7, 11) is 0. The van der Waals surface area contributed by atoms with E-state index in [0.29, 0.717) is 19.3 Å². The van der Waals surface area contributed by atoms with E-state index in [1.54, 1.807) is 27.0 Å². The molecule has 0 saturated carbocycles. The molecule has 1 atom stereocenters. The van der Waals surface area contributed by atoms with E-state index in [9.17, 15) is 14.9 Å². The van der Waals surface area contributed by atoms with Crippen LogP contribution in [0.2, 0.25) is 0 Å². The third-order valence-corrected chi connectivity index (χ3v) is 4.53. The van der Waals surface area contributed by atoms with Gasteiger partial charge in [0, 0.05) is 18.0 Å².